The molecule has 1 fully saturated rings. The fourth-order valence-electron chi connectivity index (χ4n) is 2.26. The van der Waals surface area contributed by atoms with Gasteiger partial charge in [-0.1, -0.05) is 19.8 Å². The lowest BCUT2D eigenvalue weighted by atomic mass is 9.82. The van der Waals surface area contributed by atoms with Gasteiger partial charge in [-0.15, -0.1) is 0 Å². The van der Waals surface area contributed by atoms with Crippen LogP contribution in [0.15, 0.2) is 0 Å². The average Bonchev–Trinajstić information content (AvgIpc) is 2.17. The van der Waals surface area contributed by atoms with Gasteiger partial charge in [0.2, 0.25) is 0 Å². The molecule has 0 saturated heterocycles. The standard InChI is InChI=1S/C11H23NO2/c1-9-3-2-4-10(5-9)6-12-7-11(14)8-13/h9-14H,2-8H2,1H3. The maximum atomic E-state index is 9.13. The van der Waals surface area contributed by atoms with E-state index in [9.17, 15) is 0 Å². The Balaban J connectivity index is 2.05. The van der Waals surface area contributed by atoms with E-state index in [0.29, 0.717) is 6.54 Å². The summed E-state index contributed by atoms with van der Waals surface area (Å²) in [4.78, 5) is 0. The average molecular weight is 201 g/mol. The van der Waals surface area contributed by atoms with Gasteiger partial charge in [0, 0.05) is 6.54 Å². The first kappa shape index (κ1) is 12.0. The van der Waals surface area contributed by atoms with E-state index in [1.54, 1.807) is 0 Å². The van der Waals surface area contributed by atoms with Crippen molar-refractivity contribution in [1.29, 1.82) is 0 Å². The van der Waals surface area contributed by atoms with Gasteiger partial charge in [0.15, 0.2) is 0 Å². The van der Waals surface area contributed by atoms with Crippen LogP contribution in [0, 0.1) is 11.8 Å². The quantitative estimate of drug-likeness (QED) is 0.615. The van der Waals surface area contributed by atoms with E-state index in [1.165, 1.54) is 25.7 Å². The minimum absolute atomic E-state index is 0.145. The maximum absolute atomic E-state index is 9.13. The van der Waals surface area contributed by atoms with Gasteiger partial charge in [0.25, 0.3) is 0 Å². The molecule has 14 heavy (non-hydrogen) atoms. The molecule has 0 heterocycles. The van der Waals surface area contributed by atoms with Crippen LogP contribution in [0.4, 0.5) is 0 Å². The molecular weight excluding hydrogens is 178 g/mol. The van der Waals surface area contributed by atoms with Gasteiger partial charge in [-0.2, -0.15) is 0 Å². The number of aliphatic hydroxyl groups excluding tert-OH is 2. The molecule has 0 aromatic carbocycles. The van der Waals surface area contributed by atoms with E-state index in [0.717, 1.165) is 18.4 Å². The highest BCUT2D eigenvalue weighted by Crippen LogP contribution is 2.27. The first-order chi connectivity index (χ1) is 6.72. The zero-order valence-electron chi connectivity index (χ0n) is 9.08. The molecule has 0 aromatic rings. The topological polar surface area (TPSA) is 52.5 Å². The molecule has 1 saturated carbocycles. The van der Waals surface area contributed by atoms with E-state index in [2.05, 4.69) is 12.2 Å². The van der Waals surface area contributed by atoms with Gasteiger partial charge in [-0.05, 0) is 31.2 Å². The van der Waals surface area contributed by atoms with Crippen LogP contribution in [0.3, 0.4) is 0 Å². The highest BCUT2D eigenvalue weighted by molar-refractivity contribution is 4.72. The molecular formula is C11H23NO2. The van der Waals surface area contributed by atoms with Crippen molar-refractivity contribution in [2.24, 2.45) is 11.8 Å². The van der Waals surface area contributed by atoms with Crippen molar-refractivity contribution in [2.45, 2.75) is 38.7 Å². The first-order valence-electron chi connectivity index (χ1n) is 5.72. The van der Waals surface area contributed by atoms with Crippen molar-refractivity contribution in [2.75, 3.05) is 19.7 Å². The zero-order chi connectivity index (χ0) is 10.4. The summed E-state index contributed by atoms with van der Waals surface area (Å²) in [6.07, 6.45) is 4.73. The minimum Gasteiger partial charge on any atom is -0.394 e. The van der Waals surface area contributed by atoms with Crippen LogP contribution in [-0.4, -0.2) is 36.0 Å². The summed E-state index contributed by atoms with van der Waals surface area (Å²) in [6, 6.07) is 0. The Hall–Kier alpha value is -0.120. The third kappa shape index (κ3) is 4.40. The maximum Gasteiger partial charge on any atom is 0.0894 e. The lowest BCUT2D eigenvalue weighted by molar-refractivity contribution is 0.0926. The molecule has 1 aliphatic rings. The fourth-order valence-corrected chi connectivity index (χ4v) is 2.26. The molecule has 0 radical (unpaired) electrons. The monoisotopic (exact) mass is 201 g/mol. The molecule has 3 N–H and O–H groups in total. The van der Waals surface area contributed by atoms with Crippen molar-refractivity contribution < 1.29 is 10.2 Å². The molecule has 84 valence electrons. The van der Waals surface area contributed by atoms with Crippen LogP contribution in [0.1, 0.15) is 32.6 Å². The summed E-state index contributed by atoms with van der Waals surface area (Å²) in [5.41, 5.74) is 0. The number of nitrogens with one attached hydrogen (secondary N) is 1. The van der Waals surface area contributed by atoms with Crippen LogP contribution >= 0.6 is 0 Å². The Morgan fingerprint density at radius 3 is 2.86 bits per heavy atom. The summed E-state index contributed by atoms with van der Waals surface area (Å²) < 4.78 is 0. The summed E-state index contributed by atoms with van der Waals surface area (Å²) >= 11 is 0. The number of rotatable bonds is 5. The predicted molar refractivity (Wildman–Crippen MR) is 57.1 cm³/mol. The van der Waals surface area contributed by atoms with E-state index in [1.807, 2.05) is 0 Å². The van der Waals surface area contributed by atoms with Gasteiger partial charge >= 0.3 is 0 Å². The Morgan fingerprint density at radius 2 is 2.21 bits per heavy atom. The molecule has 0 aliphatic heterocycles. The molecule has 1 rings (SSSR count). The SMILES string of the molecule is CC1CCCC(CNCC(O)CO)C1. The van der Waals surface area contributed by atoms with E-state index >= 15 is 0 Å². The minimum atomic E-state index is -0.601. The van der Waals surface area contributed by atoms with Gasteiger partial charge in [0.1, 0.15) is 0 Å². The summed E-state index contributed by atoms with van der Waals surface area (Å²) in [6.45, 7) is 3.67. The van der Waals surface area contributed by atoms with Crippen LogP contribution in [0.25, 0.3) is 0 Å². The Bertz CT molecular complexity index is 152. The van der Waals surface area contributed by atoms with Crippen LogP contribution in [0.2, 0.25) is 0 Å². The fraction of sp³-hybridized carbons (Fsp3) is 1.00. The van der Waals surface area contributed by atoms with Gasteiger partial charge < -0.3 is 15.5 Å². The highest BCUT2D eigenvalue weighted by Gasteiger charge is 2.18. The van der Waals surface area contributed by atoms with Crippen LogP contribution in [0.5, 0.6) is 0 Å². The number of aliphatic hydroxyl groups is 2. The predicted octanol–water partition coefficient (Wildman–Crippen LogP) is 0.755. The highest BCUT2D eigenvalue weighted by atomic mass is 16.3. The van der Waals surface area contributed by atoms with E-state index in [-0.39, 0.29) is 6.61 Å². The van der Waals surface area contributed by atoms with Crippen molar-refractivity contribution in [1.82, 2.24) is 5.32 Å². The molecule has 3 unspecified atom stereocenters. The molecule has 0 aromatic heterocycles. The van der Waals surface area contributed by atoms with Gasteiger partial charge in [-0.25, -0.2) is 0 Å². The van der Waals surface area contributed by atoms with E-state index < -0.39 is 6.10 Å². The first-order valence-corrected chi connectivity index (χ1v) is 5.72. The lowest BCUT2D eigenvalue weighted by Crippen LogP contribution is -2.34. The molecule has 1 aliphatic carbocycles. The van der Waals surface area contributed by atoms with Crippen molar-refractivity contribution in [3.63, 3.8) is 0 Å². The second-order valence-electron chi connectivity index (χ2n) is 4.63. The third-order valence-electron chi connectivity index (χ3n) is 3.07. The molecule has 3 atom stereocenters. The van der Waals surface area contributed by atoms with Crippen LogP contribution < -0.4 is 5.32 Å². The lowest BCUT2D eigenvalue weighted by Gasteiger charge is -2.27. The summed E-state index contributed by atoms with van der Waals surface area (Å²) in [5, 5.41) is 21.0. The number of hydrogen-bond donors (Lipinski definition) is 3. The molecule has 3 heteroatoms. The molecule has 0 spiro atoms. The summed E-state index contributed by atoms with van der Waals surface area (Å²) in [5.74, 6) is 1.63. The Morgan fingerprint density at radius 1 is 1.43 bits per heavy atom. The molecule has 0 bridgehead atoms. The van der Waals surface area contributed by atoms with Crippen molar-refractivity contribution in [3.05, 3.63) is 0 Å². The van der Waals surface area contributed by atoms with Crippen molar-refractivity contribution >= 4 is 0 Å². The van der Waals surface area contributed by atoms with Crippen molar-refractivity contribution in [3.8, 4) is 0 Å². The second-order valence-corrected chi connectivity index (χ2v) is 4.63. The normalized spacial score (nSPS) is 30.2. The molecule has 0 amide bonds. The summed E-state index contributed by atoms with van der Waals surface area (Å²) in [7, 11) is 0. The second kappa shape index (κ2) is 6.38. The Kier molecular flexibility index (Phi) is 5.45. The van der Waals surface area contributed by atoms with Gasteiger partial charge in [-0.3, -0.25) is 0 Å². The van der Waals surface area contributed by atoms with Crippen LogP contribution in [-0.2, 0) is 0 Å². The largest absolute Gasteiger partial charge is 0.394 e. The smallest absolute Gasteiger partial charge is 0.0894 e. The third-order valence-corrected chi connectivity index (χ3v) is 3.07. The Labute approximate surface area is 86.5 Å². The van der Waals surface area contributed by atoms with E-state index in [4.69, 9.17) is 10.2 Å². The number of hydrogen-bond acceptors (Lipinski definition) is 3. The molecule has 3 nitrogen and oxygen atoms in total. The zero-order valence-corrected chi connectivity index (χ0v) is 9.08. The van der Waals surface area contributed by atoms with Gasteiger partial charge in [0.05, 0.1) is 12.7 Å².